The number of nitrogens with zero attached hydrogens (tertiary/aromatic N) is 3. The molecule has 0 saturated heterocycles. The first kappa shape index (κ1) is 13.6. The highest BCUT2D eigenvalue weighted by Gasteiger charge is 2.93. The normalized spacial score (nSPS) is 35.2. The van der Waals surface area contributed by atoms with E-state index in [-0.39, 0.29) is 5.84 Å². The van der Waals surface area contributed by atoms with E-state index in [1.807, 2.05) is 30.3 Å². The maximum atomic E-state index is 9.82. The highest BCUT2D eigenvalue weighted by Crippen LogP contribution is 2.81. The lowest BCUT2D eigenvalue weighted by molar-refractivity contribution is -0.230. The largest absolute Gasteiger partial charge is 0.386 e. The molecule has 0 unspecified atom stereocenters. The minimum Gasteiger partial charge on any atom is -0.386 e. The Morgan fingerprint density at radius 1 is 1.14 bits per heavy atom. The van der Waals surface area contributed by atoms with Gasteiger partial charge < -0.3 is 15.2 Å². The number of aliphatic imine (C=N–C) groups is 1. The second-order valence-electron chi connectivity index (χ2n) is 5.17. The maximum absolute atomic E-state index is 9.82. The third kappa shape index (κ3) is 1.16. The molecule has 2 aliphatic rings. The summed E-state index contributed by atoms with van der Waals surface area (Å²) < 4.78 is 10.8. The summed E-state index contributed by atoms with van der Waals surface area (Å²) in [5.74, 6) is -1.90. The highest BCUT2D eigenvalue weighted by molar-refractivity contribution is 6.00. The molecule has 0 spiro atoms. The standard InChI is InChI=1S/C15H14N4O2/c1-20-15(21-2)14(9-17)11(10-6-4-3-5-7-10)13(14,8-16)12(18)19-15/h3-7,11H,1-2H3,(H2,18,19)/t11-,13-,14-/m1/s1. The molecule has 1 aromatic rings. The molecule has 21 heavy (non-hydrogen) atoms. The lowest BCUT2D eigenvalue weighted by Crippen LogP contribution is -2.41. The molecular formula is C15H14N4O2. The van der Waals surface area contributed by atoms with Crippen molar-refractivity contribution in [1.82, 2.24) is 0 Å². The average Bonchev–Trinajstić information content (AvgIpc) is 3.11. The zero-order valence-electron chi connectivity index (χ0n) is 11.7. The molecule has 6 nitrogen and oxygen atoms in total. The van der Waals surface area contributed by atoms with Gasteiger partial charge in [-0.05, 0) is 5.56 Å². The average molecular weight is 282 g/mol. The number of fused-ring (bicyclic) bond motifs is 1. The van der Waals surface area contributed by atoms with Crippen LogP contribution >= 0.6 is 0 Å². The van der Waals surface area contributed by atoms with Gasteiger partial charge >= 0.3 is 0 Å². The quantitative estimate of drug-likeness (QED) is 0.836. The van der Waals surface area contributed by atoms with Crippen LogP contribution in [0.2, 0.25) is 0 Å². The predicted molar refractivity (Wildman–Crippen MR) is 73.6 cm³/mol. The van der Waals surface area contributed by atoms with E-state index in [4.69, 9.17) is 15.2 Å². The van der Waals surface area contributed by atoms with E-state index in [0.29, 0.717) is 0 Å². The van der Waals surface area contributed by atoms with Gasteiger partial charge in [-0.3, -0.25) is 0 Å². The Bertz CT molecular complexity index is 699. The number of amidine groups is 1. The fraction of sp³-hybridized carbons (Fsp3) is 0.400. The van der Waals surface area contributed by atoms with Crippen molar-refractivity contribution in [2.75, 3.05) is 14.2 Å². The zero-order valence-corrected chi connectivity index (χ0v) is 11.7. The minimum absolute atomic E-state index is 0.0871. The van der Waals surface area contributed by atoms with E-state index < -0.39 is 22.7 Å². The van der Waals surface area contributed by atoms with Crippen molar-refractivity contribution in [3.63, 3.8) is 0 Å². The first-order valence-electron chi connectivity index (χ1n) is 6.43. The Labute approximate surface area is 122 Å². The number of ether oxygens (including phenoxy) is 2. The van der Waals surface area contributed by atoms with E-state index in [9.17, 15) is 10.5 Å². The van der Waals surface area contributed by atoms with E-state index in [0.717, 1.165) is 5.56 Å². The van der Waals surface area contributed by atoms with Crippen LogP contribution in [0.1, 0.15) is 11.5 Å². The summed E-state index contributed by atoms with van der Waals surface area (Å²) in [7, 11) is 2.79. The molecule has 0 bridgehead atoms. The number of rotatable bonds is 3. The summed E-state index contributed by atoms with van der Waals surface area (Å²) in [6.45, 7) is 0. The second kappa shape index (κ2) is 4.05. The highest BCUT2D eigenvalue weighted by atomic mass is 16.7. The monoisotopic (exact) mass is 282 g/mol. The van der Waals surface area contributed by atoms with Crippen molar-refractivity contribution in [3.05, 3.63) is 35.9 Å². The van der Waals surface area contributed by atoms with E-state index in [2.05, 4.69) is 17.1 Å². The fourth-order valence-electron chi connectivity index (χ4n) is 3.67. The minimum atomic E-state index is -1.55. The SMILES string of the molecule is COC1(OC)N=C(N)[C@@]2(C#N)[C@@H](c3ccccc3)[C@@]12C#N. The van der Waals surface area contributed by atoms with Gasteiger partial charge in [0.1, 0.15) is 11.3 Å². The number of methoxy groups -OCH3 is 2. The summed E-state index contributed by atoms with van der Waals surface area (Å²) in [4.78, 5) is 4.15. The Hall–Kier alpha value is -2.41. The van der Waals surface area contributed by atoms with Gasteiger partial charge in [-0.15, -0.1) is 0 Å². The van der Waals surface area contributed by atoms with Gasteiger partial charge in [-0.2, -0.15) is 10.5 Å². The van der Waals surface area contributed by atoms with Crippen LogP contribution in [0.25, 0.3) is 0 Å². The van der Waals surface area contributed by atoms with Gasteiger partial charge in [0.25, 0.3) is 5.91 Å². The molecule has 1 aliphatic heterocycles. The van der Waals surface area contributed by atoms with Crippen LogP contribution in [0.5, 0.6) is 0 Å². The fourth-order valence-corrected chi connectivity index (χ4v) is 3.67. The van der Waals surface area contributed by atoms with E-state index in [1.165, 1.54) is 14.2 Å². The molecule has 6 heteroatoms. The van der Waals surface area contributed by atoms with Crippen LogP contribution in [0.4, 0.5) is 0 Å². The number of nitrogens with two attached hydrogens (primary N) is 1. The molecule has 0 aromatic heterocycles. The van der Waals surface area contributed by atoms with Crippen LogP contribution in [0.15, 0.2) is 35.3 Å². The number of hydrogen-bond donors (Lipinski definition) is 1. The third-order valence-electron chi connectivity index (χ3n) is 4.61. The molecule has 3 rings (SSSR count). The van der Waals surface area contributed by atoms with Crippen molar-refractivity contribution in [2.45, 2.75) is 11.8 Å². The third-order valence-corrected chi connectivity index (χ3v) is 4.61. The first-order valence-corrected chi connectivity index (χ1v) is 6.43. The lowest BCUT2D eigenvalue weighted by Gasteiger charge is -2.29. The molecule has 2 N–H and O–H groups in total. The molecule has 1 fully saturated rings. The van der Waals surface area contributed by atoms with Crippen LogP contribution in [0, 0.1) is 33.5 Å². The van der Waals surface area contributed by atoms with Gasteiger partial charge in [-0.25, -0.2) is 4.99 Å². The smallest absolute Gasteiger partial charge is 0.292 e. The lowest BCUT2D eigenvalue weighted by atomic mass is 9.93. The summed E-state index contributed by atoms with van der Waals surface area (Å²) in [5, 5.41) is 19.5. The van der Waals surface area contributed by atoms with Crippen molar-refractivity contribution in [3.8, 4) is 12.1 Å². The second-order valence-corrected chi connectivity index (χ2v) is 5.17. The number of benzene rings is 1. The molecule has 1 saturated carbocycles. The van der Waals surface area contributed by atoms with Crippen molar-refractivity contribution >= 4 is 5.84 Å². The molecular weight excluding hydrogens is 268 g/mol. The molecule has 3 atom stereocenters. The summed E-state index contributed by atoms with van der Waals surface area (Å²) in [6.07, 6.45) is 0. The molecule has 106 valence electrons. The van der Waals surface area contributed by atoms with E-state index in [1.54, 1.807) is 0 Å². The van der Waals surface area contributed by atoms with E-state index >= 15 is 0 Å². The van der Waals surface area contributed by atoms with Gasteiger partial charge in [-0.1, -0.05) is 30.3 Å². The van der Waals surface area contributed by atoms with Crippen molar-refractivity contribution in [1.29, 1.82) is 10.5 Å². The molecule has 1 aromatic carbocycles. The Kier molecular flexibility index (Phi) is 2.61. The molecule has 0 amide bonds. The molecule has 1 aliphatic carbocycles. The van der Waals surface area contributed by atoms with Crippen LogP contribution in [-0.2, 0) is 9.47 Å². The van der Waals surface area contributed by atoms with Crippen LogP contribution < -0.4 is 5.73 Å². The van der Waals surface area contributed by atoms with Gasteiger partial charge in [0, 0.05) is 20.1 Å². The zero-order chi connectivity index (χ0) is 15.3. The van der Waals surface area contributed by atoms with Gasteiger partial charge in [0.15, 0.2) is 5.41 Å². The number of nitriles is 2. The Morgan fingerprint density at radius 2 is 1.76 bits per heavy atom. The van der Waals surface area contributed by atoms with Crippen molar-refractivity contribution in [2.24, 2.45) is 21.6 Å². The maximum Gasteiger partial charge on any atom is 0.292 e. The van der Waals surface area contributed by atoms with Gasteiger partial charge in [0.05, 0.1) is 12.1 Å². The number of hydrogen-bond acceptors (Lipinski definition) is 6. The Balaban J connectivity index is 2.26. The molecule has 1 heterocycles. The summed E-state index contributed by atoms with van der Waals surface area (Å²) >= 11 is 0. The summed E-state index contributed by atoms with van der Waals surface area (Å²) in [5.41, 5.74) is 4.35. The topological polar surface area (TPSA) is 104 Å². The van der Waals surface area contributed by atoms with Gasteiger partial charge in [0.2, 0.25) is 0 Å². The molecule has 0 radical (unpaired) electrons. The predicted octanol–water partition coefficient (Wildman–Crippen LogP) is 1.12. The first-order chi connectivity index (χ1) is 10.1. The van der Waals surface area contributed by atoms with Crippen LogP contribution in [-0.4, -0.2) is 26.0 Å². The van der Waals surface area contributed by atoms with Crippen LogP contribution in [0.3, 0.4) is 0 Å². The summed E-state index contributed by atoms with van der Waals surface area (Å²) in [6, 6.07) is 13.7. The Morgan fingerprint density at radius 3 is 2.24 bits per heavy atom. The van der Waals surface area contributed by atoms with Crippen molar-refractivity contribution < 1.29 is 9.47 Å².